The standard InChI is InChI=1S/C13H18Cl2N2O4/c1-13(2,3)21-12(20)17-6-9(18)10(19)7-4-8(14)11(15)16-5-7/h4-5,9-10,18-19H,6H2,1-3H3,(H,17,20). The van der Waals surface area contributed by atoms with Gasteiger partial charge in [-0.15, -0.1) is 0 Å². The van der Waals surface area contributed by atoms with E-state index in [1.165, 1.54) is 12.3 Å². The Morgan fingerprint density at radius 3 is 2.57 bits per heavy atom. The maximum atomic E-state index is 11.4. The first-order valence-corrected chi connectivity index (χ1v) is 6.99. The Morgan fingerprint density at radius 1 is 1.43 bits per heavy atom. The van der Waals surface area contributed by atoms with Crippen LogP contribution in [0, 0.1) is 0 Å². The van der Waals surface area contributed by atoms with Gasteiger partial charge in [-0.2, -0.15) is 0 Å². The second-order valence-electron chi connectivity index (χ2n) is 5.44. The van der Waals surface area contributed by atoms with Gasteiger partial charge in [-0.1, -0.05) is 23.2 Å². The monoisotopic (exact) mass is 336 g/mol. The van der Waals surface area contributed by atoms with E-state index in [1.54, 1.807) is 20.8 Å². The lowest BCUT2D eigenvalue weighted by Crippen LogP contribution is -2.38. The molecule has 0 bridgehead atoms. The number of hydrogen-bond acceptors (Lipinski definition) is 5. The summed E-state index contributed by atoms with van der Waals surface area (Å²) >= 11 is 11.5. The van der Waals surface area contributed by atoms with Crippen molar-refractivity contribution in [1.82, 2.24) is 10.3 Å². The van der Waals surface area contributed by atoms with Crippen LogP contribution >= 0.6 is 23.2 Å². The van der Waals surface area contributed by atoms with Crippen molar-refractivity contribution < 1.29 is 19.7 Å². The van der Waals surface area contributed by atoms with Crippen LogP contribution in [0.15, 0.2) is 12.3 Å². The normalized spacial score (nSPS) is 14.4. The zero-order chi connectivity index (χ0) is 16.2. The molecule has 0 saturated carbocycles. The van der Waals surface area contributed by atoms with Gasteiger partial charge in [0, 0.05) is 18.3 Å². The number of aliphatic hydroxyl groups is 2. The Hall–Kier alpha value is -1.08. The molecule has 2 unspecified atom stereocenters. The van der Waals surface area contributed by atoms with Gasteiger partial charge in [0.2, 0.25) is 0 Å². The van der Waals surface area contributed by atoms with Crippen LogP contribution in [-0.4, -0.2) is 39.5 Å². The van der Waals surface area contributed by atoms with Crippen LogP contribution in [-0.2, 0) is 4.74 Å². The van der Waals surface area contributed by atoms with Gasteiger partial charge >= 0.3 is 6.09 Å². The van der Waals surface area contributed by atoms with Crippen molar-refractivity contribution in [3.05, 3.63) is 28.0 Å². The molecule has 1 aromatic rings. The van der Waals surface area contributed by atoms with Crippen LogP contribution in [0.3, 0.4) is 0 Å². The average molecular weight is 337 g/mol. The molecule has 0 aromatic carbocycles. The molecule has 0 spiro atoms. The van der Waals surface area contributed by atoms with E-state index in [9.17, 15) is 15.0 Å². The second kappa shape index (κ2) is 7.26. The predicted octanol–water partition coefficient (Wildman–Crippen LogP) is 2.31. The lowest BCUT2D eigenvalue weighted by molar-refractivity contribution is 0.0128. The molecule has 118 valence electrons. The van der Waals surface area contributed by atoms with E-state index in [1.807, 2.05) is 0 Å². The van der Waals surface area contributed by atoms with Crippen molar-refractivity contribution in [1.29, 1.82) is 0 Å². The van der Waals surface area contributed by atoms with Gasteiger partial charge in [0.05, 0.1) is 5.02 Å². The SMILES string of the molecule is CC(C)(C)OC(=O)NCC(O)C(O)c1cnc(Cl)c(Cl)c1. The Labute approximate surface area is 133 Å². The van der Waals surface area contributed by atoms with Crippen LogP contribution in [0.4, 0.5) is 4.79 Å². The van der Waals surface area contributed by atoms with E-state index in [0.717, 1.165) is 0 Å². The first-order valence-electron chi connectivity index (χ1n) is 6.24. The maximum Gasteiger partial charge on any atom is 0.407 e. The molecule has 6 nitrogen and oxygen atoms in total. The second-order valence-corrected chi connectivity index (χ2v) is 6.20. The minimum absolute atomic E-state index is 0.106. The summed E-state index contributed by atoms with van der Waals surface area (Å²) < 4.78 is 5.01. The van der Waals surface area contributed by atoms with Crippen LogP contribution in [0.1, 0.15) is 32.4 Å². The van der Waals surface area contributed by atoms with Crippen LogP contribution in [0.5, 0.6) is 0 Å². The molecule has 0 aliphatic heterocycles. The molecule has 1 amide bonds. The number of halogens is 2. The molecular weight excluding hydrogens is 319 g/mol. The van der Waals surface area contributed by atoms with Crippen molar-refractivity contribution in [3.8, 4) is 0 Å². The number of alkyl carbamates (subject to hydrolysis) is 1. The molecule has 1 aromatic heterocycles. The molecule has 0 saturated heterocycles. The number of amides is 1. The van der Waals surface area contributed by atoms with E-state index in [-0.39, 0.29) is 16.7 Å². The molecule has 0 fully saturated rings. The van der Waals surface area contributed by atoms with Crippen molar-refractivity contribution in [2.45, 2.75) is 38.6 Å². The summed E-state index contributed by atoms with van der Waals surface area (Å²) in [5, 5.41) is 22.5. The highest BCUT2D eigenvalue weighted by atomic mass is 35.5. The molecule has 0 radical (unpaired) electrons. The van der Waals surface area contributed by atoms with Crippen LogP contribution < -0.4 is 5.32 Å². The Bertz CT molecular complexity index is 505. The fourth-order valence-corrected chi connectivity index (χ4v) is 1.71. The lowest BCUT2D eigenvalue weighted by Gasteiger charge is -2.22. The number of rotatable bonds is 4. The minimum Gasteiger partial charge on any atom is -0.444 e. The van der Waals surface area contributed by atoms with Gasteiger partial charge in [0.15, 0.2) is 0 Å². The summed E-state index contributed by atoms with van der Waals surface area (Å²) in [6.07, 6.45) is -1.88. The van der Waals surface area contributed by atoms with Crippen LogP contribution in [0.25, 0.3) is 0 Å². The van der Waals surface area contributed by atoms with Crippen molar-refractivity contribution in [3.63, 3.8) is 0 Å². The summed E-state index contributed by atoms with van der Waals surface area (Å²) in [6, 6.07) is 1.40. The zero-order valence-corrected chi connectivity index (χ0v) is 13.4. The smallest absolute Gasteiger partial charge is 0.407 e. The van der Waals surface area contributed by atoms with E-state index in [4.69, 9.17) is 27.9 Å². The Kier molecular flexibility index (Phi) is 6.22. The minimum atomic E-state index is -1.26. The average Bonchev–Trinajstić information content (AvgIpc) is 2.36. The summed E-state index contributed by atoms with van der Waals surface area (Å²) in [4.78, 5) is 15.2. The van der Waals surface area contributed by atoms with Gasteiger partial charge in [-0.05, 0) is 26.8 Å². The number of ether oxygens (including phenoxy) is 1. The molecule has 0 aliphatic carbocycles. The third-order valence-electron chi connectivity index (χ3n) is 2.38. The number of nitrogens with zero attached hydrogens (tertiary/aromatic N) is 1. The molecule has 1 rings (SSSR count). The fourth-order valence-electron chi connectivity index (χ4n) is 1.43. The third-order valence-corrected chi connectivity index (χ3v) is 3.06. The van der Waals surface area contributed by atoms with Crippen molar-refractivity contribution >= 4 is 29.3 Å². The number of aliphatic hydroxyl groups excluding tert-OH is 2. The largest absolute Gasteiger partial charge is 0.444 e. The highest BCUT2D eigenvalue weighted by Crippen LogP contribution is 2.24. The number of carbonyl (C=O) groups is 1. The summed E-state index contributed by atoms with van der Waals surface area (Å²) in [5.41, 5.74) is -0.343. The Morgan fingerprint density at radius 2 is 2.05 bits per heavy atom. The molecule has 0 aliphatic rings. The molecule has 1 heterocycles. The van der Waals surface area contributed by atoms with Crippen LogP contribution in [0.2, 0.25) is 10.2 Å². The number of aromatic nitrogens is 1. The Balaban J connectivity index is 2.56. The van der Waals surface area contributed by atoms with Gasteiger partial charge in [-0.3, -0.25) is 0 Å². The summed E-state index contributed by atoms with van der Waals surface area (Å²) in [6.45, 7) is 4.98. The lowest BCUT2D eigenvalue weighted by atomic mass is 10.1. The highest BCUT2D eigenvalue weighted by Gasteiger charge is 2.22. The molecular formula is C13H18Cl2N2O4. The predicted molar refractivity (Wildman–Crippen MR) is 79.5 cm³/mol. The molecule has 8 heteroatoms. The van der Waals surface area contributed by atoms with E-state index in [2.05, 4.69) is 10.3 Å². The van der Waals surface area contributed by atoms with Gasteiger partial charge in [0.25, 0.3) is 0 Å². The summed E-state index contributed by atoms with van der Waals surface area (Å²) in [7, 11) is 0. The van der Waals surface area contributed by atoms with E-state index >= 15 is 0 Å². The van der Waals surface area contributed by atoms with E-state index in [0.29, 0.717) is 5.56 Å². The maximum absolute atomic E-state index is 11.4. The molecule has 21 heavy (non-hydrogen) atoms. The highest BCUT2D eigenvalue weighted by molar-refractivity contribution is 6.41. The third kappa shape index (κ3) is 6.05. The number of carbonyl (C=O) groups excluding carboxylic acids is 1. The van der Waals surface area contributed by atoms with E-state index < -0.39 is 23.9 Å². The molecule has 2 atom stereocenters. The first-order chi connectivity index (χ1) is 9.60. The zero-order valence-electron chi connectivity index (χ0n) is 11.9. The van der Waals surface area contributed by atoms with Gasteiger partial charge in [-0.25, -0.2) is 9.78 Å². The summed E-state index contributed by atoms with van der Waals surface area (Å²) in [5.74, 6) is 0. The fraction of sp³-hybridized carbons (Fsp3) is 0.538. The first kappa shape index (κ1) is 18.0. The van der Waals surface area contributed by atoms with Crippen molar-refractivity contribution in [2.75, 3.05) is 6.54 Å². The van der Waals surface area contributed by atoms with Gasteiger partial charge in [0.1, 0.15) is 23.0 Å². The quantitative estimate of drug-likeness (QED) is 0.734. The number of hydrogen-bond donors (Lipinski definition) is 3. The molecule has 3 N–H and O–H groups in total. The van der Waals surface area contributed by atoms with Gasteiger partial charge < -0.3 is 20.3 Å². The number of pyridine rings is 1. The number of nitrogens with one attached hydrogen (secondary N) is 1. The topological polar surface area (TPSA) is 91.7 Å². The van der Waals surface area contributed by atoms with Crippen molar-refractivity contribution in [2.24, 2.45) is 0 Å².